The second kappa shape index (κ2) is 5.71. The molecule has 0 bridgehead atoms. The Hall–Kier alpha value is -1.91. The first-order chi connectivity index (χ1) is 10.4. The minimum absolute atomic E-state index is 0.257. The molecule has 1 aromatic heterocycles. The molecule has 0 atom stereocenters. The summed E-state index contributed by atoms with van der Waals surface area (Å²) in [5, 5.41) is 0. The average molecular weight is 301 g/mol. The molecule has 0 radical (unpaired) electrons. The van der Waals surface area contributed by atoms with Crippen LogP contribution in [0.15, 0.2) is 18.5 Å². The molecule has 0 N–H and O–H groups in total. The van der Waals surface area contributed by atoms with Gasteiger partial charge in [0, 0.05) is 25.5 Å². The van der Waals surface area contributed by atoms with Crippen LogP contribution in [0.1, 0.15) is 57.3 Å². The van der Waals surface area contributed by atoms with Gasteiger partial charge in [-0.05, 0) is 57.1 Å². The van der Waals surface area contributed by atoms with Gasteiger partial charge in [0.1, 0.15) is 5.60 Å². The van der Waals surface area contributed by atoms with Gasteiger partial charge in [-0.15, -0.1) is 0 Å². The lowest BCUT2D eigenvalue weighted by molar-refractivity contribution is 0.0270. The summed E-state index contributed by atoms with van der Waals surface area (Å²) in [5.74, 6) is 1.46. The Morgan fingerprint density at radius 3 is 2.45 bits per heavy atom. The number of rotatable bonds is 2. The molecule has 1 aliphatic heterocycles. The highest BCUT2D eigenvalue weighted by molar-refractivity contribution is 5.71. The molecule has 5 heteroatoms. The lowest BCUT2D eigenvalue weighted by Gasteiger charge is -2.29. The second-order valence-corrected chi connectivity index (χ2v) is 7.02. The number of hydrogen-bond donors (Lipinski definition) is 0. The van der Waals surface area contributed by atoms with Gasteiger partial charge in [0.25, 0.3) is 0 Å². The van der Waals surface area contributed by atoms with E-state index in [1.165, 1.54) is 18.4 Å². The van der Waals surface area contributed by atoms with Crippen LogP contribution in [0.25, 0.3) is 5.57 Å². The van der Waals surface area contributed by atoms with Crippen molar-refractivity contribution in [1.82, 2.24) is 14.9 Å². The Morgan fingerprint density at radius 2 is 1.95 bits per heavy atom. The quantitative estimate of drug-likeness (QED) is 0.840. The summed E-state index contributed by atoms with van der Waals surface area (Å²) in [6.45, 7) is 6.84. The van der Waals surface area contributed by atoms with Gasteiger partial charge in [0.15, 0.2) is 5.82 Å². The molecule has 1 fully saturated rings. The van der Waals surface area contributed by atoms with Crippen molar-refractivity contribution in [2.24, 2.45) is 0 Å². The Morgan fingerprint density at radius 1 is 1.27 bits per heavy atom. The van der Waals surface area contributed by atoms with Crippen molar-refractivity contribution in [3.63, 3.8) is 0 Å². The number of ether oxygens (including phenoxy) is 1. The first kappa shape index (κ1) is 15.0. The molecule has 5 nitrogen and oxygen atoms in total. The second-order valence-electron chi connectivity index (χ2n) is 7.02. The third-order valence-corrected chi connectivity index (χ3v) is 3.87. The largest absolute Gasteiger partial charge is 0.444 e. The molecule has 0 aromatic carbocycles. The average Bonchev–Trinajstić information content (AvgIpc) is 3.30. The monoisotopic (exact) mass is 301 g/mol. The molecule has 0 unspecified atom stereocenters. The molecule has 2 heterocycles. The standard InChI is InChI=1S/C17H23N3O2/c1-17(2,3)22-16(21)20-8-6-13(7-9-20)15-18-10-14(11-19-15)12-4-5-12/h6,10-12H,4-5,7-9H2,1-3H3. The summed E-state index contributed by atoms with van der Waals surface area (Å²) in [6, 6.07) is 0. The predicted molar refractivity (Wildman–Crippen MR) is 84.4 cm³/mol. The van der Waals surface area contributed by atoms with E-state index in [0.717, 1.165) is 17.8 Å². The van der Waals surface area contributed by atoms with Crippen molar-refractivity contribution in [1.29, 1.82) is 0 Å². The Labute approximate surface area is 131 Å². The molecule has 3 rings (SSSR count). The maximum absolute atomic E-state index is 12.0. The fourth-order valence-corrected chi connectivity index (χ4v) is 2.50. The number of hydrogen-bond acceptors (Lipinski definition) is 4. The van der Waals surface area contributed by atoms with Gasteiger partial charge in [-0.2, -0.15) is 0 Å². The molecule has 118 valence electrons. The van der Waals surface area contributed by atoms with Gasteiger partial charge in [0.2, 0.25) is 0 Å². The summed E-state index contributed by atoms with van der Waals surface area (Å²) < 4.78 is 5.39. The molecular formula is C17H23N3O2. The Balaban J connectivity index is 1.62. The van der Waals surface area contributed by atoms with Crippen molar-refractivity contribution in [2.45, 2.75) is 51.6 Å². The number of nitrogens with zero attached hydrogens (tertiary/aromatic N) is 3. The van der Waals surface area contributed by atoms with E-state index in [2.05, 4.69) is 9.97 Å². The van der Waals surface area contributed by atoms with E-state index in [1.807, 2.05) is 39.2 Å². The summed E-state index contributed by atoms with van der Waals surface area (Å²) in [6.07, 6.45) is 8.95. The van der Waals surface area contributed by atoms with Crippen molar-refractivity contribution in [3.05, 3.63) is 29.9 Å². The molecule has 2 aliphatic rings. The number of carbonyl (C=O) groups excluding carboxylic acids is 1. The summed E-state index contributed by atoms with van der Waals surface area (Å²) in [5.41, 5.74) is 1.90. The lowest BCUT2D eigenvalue weighted by Crippen LogP contribution is -2.39. The van der Waals surface area contributed by atoms with Crippen LogP contribution in [0.3, 0.4) is 0 Å². The van der Waals surface area contributed by atoms with Crippen LogP contribution in [0.4, 0.5) is 4.79 Å². The molecule has 1 amide bonds. The van der Waals surface area contributed by atoms with Crippen molar-refractivity contribution < 1.29 is 9.53 Å². The lowest BCUT2D eigenvalue weighted by atomic mass is 10.1. The fourth-order valence-electron chi connectivity index (χ4n) is 2.50. The van der Waals surface area contributed by atoms with Crippen LogP contribution in [-0.4, -0.2) is 39.7 Å². The summed E-state index contributed by atoms with van der Waals surface area (Å²) in [7, 11) is 0. The normalized spacial score (nSPS) is 18.9. The highest BCUT2D eigenvalue weighted by Gasteiger charge is 2.26. The highest BCUT2D eigenvalue weighted by Crippen LogP contribution is 2.39. The van der Waals surface area contributed by atoms with Gasteiger partial charge < -0.3 is 9.64 Å². The van der Waals surface area contributed by atoms with Crippen LogP contribution in [0, 0.1) is 0 Å². The number of aromatic nitrogens is 2. The molecule has 1 aliphatic carbocycles. The van der Waals surface area contributed by atoms with E-state index in [-0.39, 0.29) is 6.09 Å². The first-order valence-electron chi connectivity index (χ1n) is 7.92. The maximum Gasteiger partial charge on any atom is 0.410 e. The van der Waals surface area contributed by atoms with Crippen LogP contribution in [0.2, 0.25) is 0 Å². The summed E-state index contributed by atoms with van der Waals surface area (Å²) >= 11 is 0. The zero-order valence-corrected chi connectivity index (χ0v) is 13.5. The fraction of sp³-hybridized carbons (Fsp3) is 0.588. The Bertz CT molecular complexity index is 583. The minimum Gasteiger partial charge on any atom is -0.444 e. The van der Waals surface area contributed by atoms with Crippen LogP contribution in [0.5, 0.6) is 0 Å². The van der Waals surface area contributed by atoms with Gasteiger partial charge in [-0.1, -0.05) is 6.08 Å². The predicted octanol–water partition coefficient (Wildman–Crippen LogP) is 3.38. The van der Waals surface area contributed by atoms with Gasteiger partial charge in [0.05, 0.1) is 0 Å². The smallest absolute Gasteiger partial charge is 0.410 e. The molecule has 0 saturated heterocycles. The van der Waals surface area contributed by atoms with E-state index in [9.17, 15) is 4.79 Å². The van der Waals surface area contributed by atoms with E-state index >= 15 is 0 Å². The third-order valence-electron chi connectivity index (χ3n) is 3.87. The van der Waals surface area contributed by atoms with E-state index in [0.29, 0.717) is 19.0 Å². The van der Waals surface area contributed by atoms with Crippen molar-refractivity contribution in [2.75, 3.05) is 13.1 Å². The Kier molecular flexibility index (Phi) is 3.89. The molecule has 22 heavy (non-hydrogen) atoms. The maximum atomic E-state index is 12.0. The van der Waals surface area contributed by atoms with Crippen molar-refractivity contribution in [3.8, 4) is 0 Å². The van der Waals surface area contributed by atoms with E-state index in [1.54, 1.807) is 4.90 Å². The van der Waals surface area contributed by atoms with Gasteiger partial charge in [-0.3, -0.25) is 0 Å². The van der Waals surface area contributed by atoms with E-state index < -0.39 is 5.60 Å². The number of amides is 1. The van der Waals surface area contributed by atoms with Crippen molar-refractivity contribution >= 4 is 11.7 Å². The molecule has 1 saturated carbocycles. The van der Waals surface area contributed by atoms with Crippen LogP contribution in [-0.2, 0) is 4.74 Å². The molecule has 1 aromatic rings. The molecule has 0 spiro atoms. The first-order valence-corrected chi connectivity index (χ1v) is 7.92. The SMILES string of the molecule is CC(C)(C)OC(=O)N1CC=C(c2ncc(C3CC3)cn2)CC1. The van der Waals surface area contributed by atoms with Gasteiger partial charge in [-0.25, -0.2) is 14.8 Å². The zero-order chi connectivity index (χ0) is 15.7. The highest BCUT2D eigenvalue weighted by atomic mass is 16.6. The van der Waals surface area contributed by atoms with Gasteiger partial charge >= 0.3 is 6.09 Å². The zero-order valence-electron chi connectivity index (χ0n) is 13.5. The summed E-state index contributed by atoms with van der Waals surface area (Å²) in [4.78, 5) is 22.7. The van der Waals surface area contributed by atoms with E-state index in [4.69, 9.17) is 4.74 Å². The minimum atomic E-state index is -0.456. The number of carbonyl (C=O) groups is 1. The van der Waals surface area contributed by atoms with Crippen LogP contribution >= 0.6 is 0 Å². The third kappa shape index (κ3) is 3.64. The topological polar surface area (TPSA) is 55.3 Å². The molecular weight excluding hydrogens is 278 g/mol. The van der Waals surface area contributed by atoms with Crippen LogP contribution < -0.4 is 0 Å².